The first-order valence-electron chi connectivity index (χ1n) is 4.75. The normalized spacial score (nSPS) is 15.3. The Bertz CT molecular complexity index is 156. The molecule has 1 atom stereocenters. The zero-order valence-electron chi connectivity index (χ0n) is 9.76. The van der Waals surface area contributed by atoms with Gasteiger partial charge in [-0.2, -0.15) is 0 Å². The van der Waals surface area contributed by atoms with Gasteiger partial charge in [-0.15, -0.1) is 0 Å². The van der Waals surface area contributed by atoms with Gasteiger partial charge in [0.05, 0.1) is 12.4 Å². The molecule has 0 spiro atoms. The first kappa shape index (κ1) is 12.4. The lowest BCUT2D eigenvalue weighted by Crippen LogP contribution is -2.35. The van der Waals surface area contributed by atoms with Gasteiger partial charge in [-0.05, 0) is 41.8 Å². The molecule has 0 bridgehead atoms. The highest BCUT2D eigenvalue weighted by Crippen LogP contribution is 1.96. The monoisotopic (exact) mass is 185 g/mol. The quantitative estimate of drug-likeness (QED) is 0.529. The van der Waals surface area contributed by atoms with Crippen LogP contribution in [0, 0.1) is 0 Å². The van der Waals surface area contributed by atoms with E-state index in [-0.39, 0.29) is 5.54 Å². The van der Waals surface area contributed by atoms with Crippen molar-refractivity contribution in [1.82, 2.24) is 10.2 Å². The summed E-state index contributed by atoms with van der Waals surface area (Å²) in [6.45, 7) is 9.46. The summed E-state index contributed by atoms with van der Waals surface area (Å²) in [7, 11) is 4.12. The molecule has 0 aliphatic heterocycles. The topological polar surface area (TPSA) is 27.6 Å². The molecule has 3 nitrogen and oxygen atoms in total. The molecule has 0 radical (unpaired) electrons. The average Bonchev–Trinajstić information content (AvgIpc) is 1.81. The van der Waals surface area contributed by atoms with Crippen LogP contribution < -0.4 is 5.32 Å². The third-order valence-corrected chi connectivity index (χ3v) is 1.46. The molecule has 0 aliphatic rings. The van der Waals surface area contributed by atoms with Crippen LogP contribution in [-0.4, -0.2) is 43.5 Å². The Morgan fingerprint density at radius 1 is 1.38 bits per heavy atom. The highest BCUT2D eigenvalue weighted by Gasteiger charge is 2.05. The SMILES string of the molecule is CC(CN(C)C)/N=C/NC(C)(C)C. The highest BCUT2D eigenvalue weighted by molar-refractivity contribution is 5.55. The zero-order valence-corrected chi connectivity index (χ0v) is 9.76. The first-order valence-corrected chi connectivity index (χ1v) is 4.75. The van der Waals surface area contributed by atoms with Gasteiger partial charge in [0.1, 0.15) is 0 Å². The second-order valence-electron chi connectivity index (χ2n) is 4.78. The van der Waals surface area contributed by atoms with E-state index in [0.717, 1.165) is 6.54 Å². The van der Waals surface area contributed by atoms with Gasteiger partial charge >= 0.3 is 0 Å². The van der Waals surface area contributed by atoms with E-state index in [9.17, 15) is 0 Å². The Balaban J connectivity index is 3.72. The molecule has 1 unspecified atom stereocenters. The van der Waals surface area contributed by atoms with Crippen molar-refractivity contribution in [1.29, 1.82) is 0 Å². The minimum Gasteiger partial charge on any atom is -0.372 e. The summed E-state index contributed by atoms with van der Waals surface area (Å²) in [6, 6.07) is 0.352. The fourth-order valence-electron chi connectivity index (χ4n) is 0.934. The third kappa shape index (κ3) is 9.34. The lowest BCUT2D eigenvalue weighted by molar-refractivity contribution is 0.383. The predicted octanol–water partition coefficient (Wildman–Crippen LogP) is 1.35. The second kappa shape index (κ2) is 5.22. The van der Waals surface area contributed by atoms with Gasteiger partial charge in [-0.25, -0.2) is 0 Å². The molecule has 3 heteroatoms. The Labute approximate surface area is 82.2 Å². The van der Waals surface area contributed by atoms with Crippen molar-refractivity contribution in [3.63, 3.8) is 0 Å². The molecule has 0 heterocycles. The van der Waals surface area contributed by atoms with Gasteiger partial charge in [0.2, 0.25) is 0 Å². The number of hydrogen-bond donors (Lipinski definition) is 1. The molecule has 0 aromatic heterocycles. The summed E-state index contributed by atoms with van der Waals surface area (Å²) in [4.78, 5) is 6.51. The van der Waals surface area contributed by atoms with Gasteiger partial charge in [-0.1, -0.05) is 0 Å². The van der Waals surface area contributed by atoms with Crippen LogP contribution in [0.5, 0.6) is 0 Å². The van der Waals surface area contributed by atoms with E-state index in [1.165, 1.54) is 0 Å². The lowest BCUT2D eigenvalue weighted by atomic mass is 10.1. The highest BCUT2D eigenvalue weighted by atomic mass is 15.1. The average molecular weight is 185 g/mol. The summed E-state index contributed by atoms with van der Waals surface area (Å²) in [5, 5.41) is 3.22. The number of nitrogens with one attached hydrogen (secondary N) is 1. The van der Waals surface area contributed by atoms with Crippen LogP contribution in [0.4, 0.5) is 0 Å². The number of nitrogens with zero attached hydrogens (tertiary/aromatic N) is 2. The number of aliphatic imine (C=N–C) groups is 1. The molecular formula is C10H23N3. The van der Waals surface area contributed by atoms with Crippen molar-refractivity contribution in [3.8, 4) is 0 Å². The van der Waals surface area contributed by atoms with Crippen LogP contribution in [-0.2, 0) is 0 Å². The number of hydrogen-bond acceptors (Lipinski definition) is 2. The van der Waals surface area contributed by atoms with E-state index in [1.807, 2.05) is 6.34 Å². The van der Waals surface area contributed by atoms with Crippen molar-refractivity contribution in [2.24, 2.45) is 4.99 Å². The molecule has 0 fully saturated rings. The fourth-order valence-corrected chi connectivity index (χ4v) is 0.934. The maximum absolute atomic E-state index is 4.37. The first-order chi connectivity index (χ1) is 5.81. The molecule has 78 valence electrons. The third-order valence-electron chi connectivity index (χ3n) is 1.46. The molecule has 0 saturated carbocycles. The van der Waals surface area contributed by atoms with E-state index in [4.69, 9.17) is 0 Å². The van der Waals surface area contributed by atoms with E-state index in [1.54, 1.807) is 0 Å². The van der Waals surface area contributed by atoms with Crippen LogP contribution in [0.2, 0.25) is 0 Å². The summed E-state index contributed by atoms with van der Waals surface area (Å²) >= 11 is 0. The standard InChI is InChI=1S/C10H23N3/c1-9(7-13(5)6)11-8-12-10(2,3)4/h8-9H,7H2,1-6H3,(H,11,12). The molecule has 0 aromatic carbocycles. The smallest absolute Gasteiger partial charge is 0.0831 e. The van der Waals surface area contributed by atoms with E-state index in [2.05, 4.69) is 57.0 Å². The van der Waals surface area contributed by atoms with Gasteiger partial charge in [-0.3, -0.25) is 4.99 Å². The minimum atomic E-state index is 0.112. The van der Waals surface area contributed by atoms with E-state index >= 15 is 0 Å². The lowest BCUT2D eigenvalue weighted by Gasteiger charge is -2.19. The Hall–Kier alpha value is -0.570. The van der Waals surface area contributed by atoms with Crippen molar-refractivity contribution >= 4 is 6.34 Å². The molecule has 1 N–H and O–H groups in total. The zero-order chi connectivity index (χ0) is 10.5. The largest absolute Gasteiger partial charge is 0.372 e. The molecular weight excluding hydrogens is 162 g/mol. The van der Waals surface area contributed by atoms with Crippen molar-refractivity contribution in [3.05, 3.63) is 0 Å². The van der Waals surface area contributed by atoms with Gasteiger partial charge in [0.25, 0.3) is 0 Å². The Morgan fingerprint density at radius 3 is 2.31 bits per heavy atom. The predicted molar refractivity (Wildman–Crippen MR) is 59.4 cm³/mol. The van der Waals surface area contributed by atoms with Gasteiger partial charge in [0.15, 0.2) is 0 Å². The van der Waals surface area contributed by atoms with Gasteiger partial charge in [0, 0.05) is 12.1 Å². The molecule has 0 saturated heterocycles. The van der Waals surface area contributed by atoms with Crippen LogP contribution in [0.1, 0.15) is 27.7 Å². The molecule has 13 heavy (non-hydrogen) atoms. The van der Waals surface area contributed by atoms with Crippen molar-refractivity contribution in [2.45, 2.75) is 39.3 Å². The fraction of sp³-hybridized carbons (Fsp3) is 0.900. The maximum Gasteiger partial charge on any atom is 0.0831 e. The van der Waals surface area contributed by atoms with Crippen LogP contribution in [0.15, 0.2) is 4.99 Å². The maximum atomic E-state index is 4.37. The minimum absolute atomic E-state index is 0.112. The van der Waals surface area contributed by atoms with Crippen LogP contribution >= 0.6 is 0 Å². The molecule has 0 amide bonds. The van der Waals surface area contributed by atoms with Crippen molar-refractivity contribution in [2.75, 3.05) is 20.6 Å². The van der Waals surface area contributed by atoms with Crippen LogP contribution in [0.25, 0.3) is 0 Å². The Kier molecular flexibility index (Phi) is 4.99. The summed E-state index contributed by atoms with van der Waals surface area (Å²) < 4.78 is 0. The summed E-state index contributed by atoms with van der Waals surface area (Å²) in [5.74, 6) is 0. The number of rotatable bonds is 4. The molecule has 0 aliphatic carbocycles. The second-order valence-corrected chi connectivity index (χ2v) is 4.78. The Morgan fingerprint density at radius 2 is 1.92 bits per heavy atom. The van der Waals surface area contributed by atoms with Crippen molar-refractivity contribution < 1.29 is 0 Å². The molecule has 0 rings (SSSR count). The summed E-state index contributed by atoms with van der Waals surface area (Å²) in [5.41, 5.74) is 0.112. The van der Waals surface area contributed by atoms with Crippen LogP contribution in [0.3, 0.4) is 0 Å². The number of likely N-dealkylation sites (N-methyl/N-ethyl adjacent to an activating group) is 1. The van der Waals surface area contributed by atoms with E-state index < -0.39 is 0 Å². The molecule has 0 aromatic rings. The van der Waals surface area contributed by atoms with E-state index in [0.29, 0.717) is 6.04 Å². The van der Waals surface area contributed by atoms with Gasteiger partial charge < -0.3 is 10.2 Å². The summed E-state index contributed by atoms with van der Waals surface area (Å²) in [6.07, 6.45) is 1.81.